The van der Waals surface area contributed by atoms with E-state index in [0.717, 1.165) is 5.56 Å². The van der Waals surface area contributed by atoms with Gasteiger partial charge in [0.15, 0.2) is 0 Å². The molecule has 3 heteroatoms. The lowest BCUT2D eigenvalue weighted by Crippen LogP contribution is -1.90. The first kappa shape index (κ1) is 11.4. The standard InChI is InChI=1S/C13H9Cl2F/c1-8-4-2-7-11(16)12(8)13-9(14)5-3-6-10(13)15/h2-7H,1H3. The highest BCUT2D eigenvalue weighted by Gasteiger charge is 2.14. The highest BCUT2D eigenvalue weighted by Crippen LogP contribution is 2.37. The molecule has 0 saturated carbocycles. The number of rotatable bonds is 1. The smallest absolute Gasteiger partial charge is 0.131 e. The van der Waals surface area contributed by atoms with Gasteiger partial charge in [0.1, 0.15) is 5.82 Å². The van der Waals surface area contributed by atoms with Crippen LogP contribution in [0.15, 0.2) is 36.4 Å². The normalized spacial score (nSPS) is 10.5. The molecular weight excluding hydrogens is 246 g/mol. The van der Waals surface area contributed by atoms with Crippen molar-refractivity contribution in [3.8, 4) is 11.1 Å². The maximum atomic E-state index is 13.8. The highest BCUT2D eigenvalue weighted by molar-refractivity contribution is 6.39. The van der Waals surface area contributed by atoms with Gasteiger partial charge in [-0.15, -0.1) is 0 Å². The zero-order chi connectivity index (χ0) is 11.7. The molecule has 0 aliphatic rings. The van der Waals surface area contributed by atoms with E-state index in [4.69, 9.17) is 23.2 Å². The number of halogens is 3. The van der Waals surface area contributed by atoms with Gasteiger partial charge in [0, 0.05) is 11.1 Å². The third-order valence-electron chi connectivity index (χ3n) is 2.43. The molecule has 0 bridgehead atoms. The van der Waals surface area contributed by atoms with Crippen molar-refractivity contribution in [2.24, 2.45) is 0 Å². The van der Waals surface area contributed by atoms with Crippen LogP contribution in [0.5, 0.6) is 0 Å². The summed E-state index contributed by atoms with van der Waals surface area (Å²) in [6.07, 6.45) is 0. The minimum absolute atomic E-state index is 0.310. The zero-order valence-corrected chi connectivity index (χ0v) is 10.1. The van der Waals surface area contributed by atoms with Crippen LogP contribution >= 0.6 is 23.2 Å². The molecule has 0 radical (unpaired) electrons. The van der Waals surface area contributed by atoms with Gasteiger partial charge in [0.25, 0.3) is 0 Å². The Balaban J connectivity index is 2.77. The second kappa shape index (κ2) is 4.44. The van der Waals surface area contributed by atoms with Crippen molar-refractivity contribution >= 4 is 23.2 Å². The van der Waals surface area contributed by atoms with Crippen molar-refractivity contribution in [2.75, 3.05) is 0 Å². The van der Waals surface area contributed by atoms with Crippen molar-refractivity contribution in [3.63, 3.8) is 0 Å². The van der Waals surface area contributed by atoms with Crippen LogP contribution in [-0.4, -0.2) is 0 Å². The van der Waals surface area contributed by atoms with E-state index in [0.29, 0.717) is 21.2 Å². The maximum Gasteiger partial charge on any atom is 0.131 e. The molecule has 2 rings (SSSR count). The van der Waals surface area contributed by atoms with Crippen LogP contribution < -0.4 is 0 Å². The van der Waals surface area contributed by atoms with Crippen molar-refractivity contribution in [2.45, 2.75) is 6.92 Å². The van der Waals surface area contributed by atoms with Gasteiger partial charge in [-0.2, -0.15) is 0 Å². The molecule has 0 spiro atoms. The van der Waals surface area contributed by atoms with E-state index in [1.807, 2.05) is 13.0 Å². The minimum atomic E-state index is -0.310. The number of benzene rings is 2. The summed E-state index contributed by atoms with van der Waals surface area (Å²) in [4.78, 5) is 0. The van der Waals surface area contributed by atoms with Crippen LogP contribution in [0.1, 0.15) is 5.56 Å². The van der Waals surface area contributed by atoms with Crippen LogP contribution in [-0.2, 0) is 0 Å². The van der Waals surface area contributed by atoms with Crippen molar-refractivity contribution < 1.29 is 4.39 Å². The molecule has 0 aromatic heterocycles. The lowest BCUT2D eigenvalue weighted by molar-refractivity contribution is 0.630. The van der Waals surface area contributed by atoms with Gasteiger partial charge in [-0.05, 0) is 30.7 Å². The Hall–Kier alpha value is -1.05. The molecule has 0 aliphatic carbocycles. The monoisotopic (exact) mass is 254 g/mol. The molecule has 82 valence electrons. The average Bonchev–Trinajstić information content (AvgIpc) is 2.21. The summed E-state index contributed by atoms with van der Waals surface area (Å²) in [7, 11) is 0. The Kier molecular flexibility index (Phi) is 3.17. The molecule has 2 aromatic carbocycles. The van der Waals surface area contributed by atoms with Gasteiger partial charge >= 0.3 is 0 Å². The fourth-order valence-electron chi connectivity index (χ4n) is 1.69. The molecule has 0 atom stereocenters. The van der Waals surface area contributed by atoms with E-state index >= 15 is 0 Å². The summed E-state index contributed by atoms with van der Waals surface area (Å²) >= 11 is 12.1. The Bertz CT molecular complexity index is 445. The molecule has 0 nitrogen and oxygen atoms in total. The lowest BCUT2D eigenvalue weighted by Gasteiger charge is -2.11. The summed E-state index contributed by atoms with van der Waals surface area (Å²) in [6.45, 7) is 1.83. The Morgan fingerprint density at radius 3 is 2.00 bits per heavy atom. The molecular formula is C13H9Cl2F. The van der Waals surface area contributed by atoms with Crippen LogP contribution in [0, 0.1) is 12.7 Å². The van der Waals surface area contributed by atoms with Crippen molar-refractivity contribution in [1.82, 2.24) is 0 Å². The molecule has 0 amide bonds. The van der Waals surface area contributed by atoms with E-state index in [1.54, 1.807) is 24.3 Å². The fraction of sp³-hybridized carbons (Fsp3) is 0.0769. The Morgan fingerprint density at radius 2 is 1.44 bits per heavy atom. The van der Waals surface area contributed by atoms with Crippen LogP contribution in [0.3, 0.4) is 0 Å². The molecule has 0 heterocycles. The quantitative estimate of drug-likeness (QED) is 0.664. The third-order valence-corrected chi connectivity index (χ3v) is 3.06. The van der Waals surface area contributed by atoms with Gasteiger partial charge in [0.05, 0.1) is 10.0 Å². The number of hydrogen-bond acceptors (Lipinski definition) is 0. The molecule has 0 saturated heterocycles. The van der Waals surface area contributed by atoms with E-state index in [9.17, 15) is 4.39 Å². The summed E-state index contributed by atoms with van der Waals surface area (Å²) in [5, 5.41) is 0.918. The summed E-state index contributed by atoms with van der Waals surface area (Å²) in [5.41, 5.74) is 1.84. The van der Waals surface area contributed by atoms with E-state index < -0.39 is 0 Å². The topological polar surface area (TPSA) is 0 Å². The van der Waals surface area contributed by atoms with Gasteiger partial charge < -0.3 is 0 Å². The second-order valence-electron chi connectivity index (χ2n) is 3.53. The highest BCUT2D eigenvalue weighted by atomic mass is 35.5. The third kappa shape index (κ3) is 1.93. The van der Waals surface area contributed by atoms with Gasteiger partial charge in [0.2, 0.25) is 0 Å². The lowest BCUT2D eigenvalue weighted by atomic mass is 10.00. The van der Waals surface area contributed by atoms with Gasteiger partial charge in [-0.25, -0.2) is 4.39 Å². The van der Waals surface area contributed by atoms with Crippen LogP contribution in [0.2, 0.25) is 10.0 Å². The van der Waals surface area contributed by atoms with Gasteiger partial charge in [-0.1, -0.05) is 41.4 Å². The SMILES string of the molecule is Cc1cccc(F)c1-c1c(Cl)cccc1Cl. The molecule has 16 heavy (non-hydrogen) atoms. The van der Waals surface area contributed by atoms with Gasteiger partial charge in [-0.3, -0.25) is 0 Å². The van der Waals surface area contributed by atoms with E-state index in [-0.39, 0.29) is 5.82 Å². The Morgan fingerprint density at radius 1 is 0.875 bits per heavy atom. The summed E-state index contributed by atoms with van der Waals surface area (Å²) < 4.78 is 13.8. The predicted octanol–water partition coefficient (Wildman–Crippen LogP) is 5.11. The first-order chi connectivity index (χ1) is 7.61. The molecule has 0 fully saturated rings. The van der Waals surface area contributed by atoms with E-state index in [1.165, 1.54) is 6.07 Å². The average molecular weight is 255 g/mol. The summed E-state index contributed by atoms with van der Waals surface area (Å²) in [5.74, 6) is -0.310. The van der Waals surface area contributed by atoms with Crippen LogP contribution in [0.4, 0.5) is 4.39 Å². The van der Waals surface area contributed by atoms with Crippen molar-refractivity contribution in [3.05, 3.63) is 57.8 Å². The van der Waals surface area contributed by atoms with E-state index in [2.05, 4.69) is 0 Å². The van der Waals surface area contributed by atoms with Crippen molar-refractivity contribution in [1.29, 1.82) is 0 Å². The Labute approximate surface area is 104 Å². The number of aryl methyl sites for hydroxylation is 1. The molecule has 0 unspecified atom stereocenters. The zero-order valence-electron chi connectivity index (χ0n) is 8.60. The fourth-order valence-corrected chi connectivity index (χ4v) is 2.27. The largest absolute Gasteiger partial charge is 0.206 e. The molecule has 0 N–H and O–H groups in total. The molecule has 2 aromatic rings. The summed E-state index contributed by atoms with van der Waals surface area (Å²) in [6, 6.07) is 10.0. The number of hydrogen-bond donors (Lipinski definition) is 0. The second-order valence-corrected chi connectivity index (χ2v) is 4.34. The first-order valence-electron chi connectivity index (χ1n) is 4.80. The minimum Gasteiger partial charge on any atom is -0.206 e. The maximum absolute atomic E-state index is 13.8. The predicted molar refractivity (Wildman–Crippen MR) is 66.6 cm³/mol. The first-order valence-corrected chi connectivity index (χ1v) is 5.56. The van der Waals surface area contributed by atoms with Crippen LogP contribution in [0.25, 0.3) is 11.1 Å². The molecule has 0 aliphatic heterocycles.